The van der Waals surface area contributed by atoms with E-state index in [9.17, 15) is 0 Å². The van der Waals surface area contributed by atoms with Crippen molar-refractivity contribution in [3.63, 3.8) is 0 Å². The molecular formula is C16H23ClN2O2. The summed E-state index contributed by atoms with van der Waals surface area (Å²) in [7, 11) is 2.19. The van der Waals surface area contributed by atoms with Gasteiger partial charge in [0.05, 0.1) is 5.02 Å². The first kappa shape index (κ1) is 14.9. The highest BCUT2D eigenvalue weighted by Gasteiger charge is 2.18. The Kier molecular flexibility index (Phi) is 4.88. The van der Waals surface area contributed by atoms with E-state index < -0.39 is 0 Å². The summed E-state index contributed by atoms with van der Waals surface area (Å²) in [5.41, 5.74) is 1.20. The Morgan fingerprint density at radius 2 is 2.00 bits per heavy atom. The van der Waals surface area contributed by atoms with Crippen molar-refractivity contribution in [2.24, 2.45) is 0 Å². The molecule has 0 saturated carbocycles. The first-order chi connectivity index (χ1) is 10.2. The molecule has 1 aromatic rings. The normalized spacial score (nSPS) is 19.7. The lowest BCUT2D eigenvalue weighted by atomic mass is 10.0. The van der Waals surface area contributed by atoms with E-state index in [1.165, 1.54) is 31.5 Å². The van der Waals surface area contributed by atoms with Crippen LogP contribution in [0.4, 0.5) is 0 Å². The van der Waals surface area contributed by atoms with Crippen LogP contribution < -0.4 is 14.8 Å². The van der Waals surface area contributed by atoms with Crippen LogP contribution in [0.3, 0.4) is 0 Å². The molecule has 0 amide bonds. The van der Waals surface area contributed by atoms with Gasteiger partial charge in [0, 0.05) is 6.04 Å². The van der Waals surface area contributed by atoms with Crippen molar-refractivity contribution in [1.29, 1.82) is 0 Å². The van der Waals surface area contributed by atoms with Gasteiger partial charge in [-0.15, -0.1) is 0 Å². The number of likely N-dealkylation sites (tertiary alicyclic amines) is 1. The summed E-state index contributed by atoms with van der Waals surface area (Å²) in [6, 6.07) is 4.69. The molecule has 0 aliphatic carbocycles. The Bertz CT molecular complexity index is 487. The maximum absolute atomic E-state index is 6.26. The lowest BCUT2D eigenvalue weighted by Gasteiger charge is -2.29. The second-order valence-corrected chi connectivity index (χ2v) is 6.29. The van der Waals surface area contributed by atoms with E-state index in [0.29, 0.717) is 30.0 Å². The van der Waals surface area contributed by atoms with Crippen LogP contribution >= 0.6 is 11.6 Å². The predicted molar refractivity (Wildman–Crippen MR) is 84.7 cm³/mol. The highest BCUT2D eigenvalue weighted by atomic mass is 35.5. The first-order valence-corrected chi connectivity index (χ1v) is 8.10. The summed E-state index contributed by atoms with van der Waals surface area (Å²) in [6.07, 6.45) is 3.43. The molecule has 4 nitrogen and oxygen atoms in total. The zero-order chi connectivity index (χ0) is 14.7. The van der Waals surface area contributed by atoms with Crippen LogP contribution in [-0.4, -0.2) is 50.8 Å². The number of benzene rings is 1. The summed E-state index contributed by atoms with van der Waals surface area (Å²) >= 11 is 6.26. The van der Waals surface area contributed by atoms with Gasteiger partial charge in [0.25, 0.3) is 0 Å². The van der Waals surface area contributed by atoms with Crippen LogP contribution in [0.5, 0.6) is 11.5 Å². The number of piperidine rings is 1. The van der Waals surface area contributed by atoms with Gasteiger partial charge < -0.3 is 19.7 Å². The van der Waals surface area contributed by atoms with E-state index in [2.05, 4.69) is 23.3 Å². The number of fused-ring (bicyclic) bond motifs is 1. The standard InChI is InChI=1S/C16H23ClN2O2/c1-19-6-3-13(4-7-19)18-5-2-12-10-14(17)16-15(11-12)20-8-9-21-16/h10-11,13,18H,2-9H2,1H3. The molecule has 0 unspecified atom stereocenters. The number of hydrogen-bond donors (Lipinski definition) is 1. The van der Waals surface area contributed by atoms with Crippen molar-refractivity contribution >= 4 is 11.6 Å². The van der Waals surface area contributed by atoms with Gasteiger partial charge >= 0.3 is 0 Å². The Labute approximate surface area is 131 Å². The van der Waals surface area contributed by atoms with Crippen LogP contribution in [0.1, 0.15) is 18.4 Å². The molecule has 21 heavy (non-hydrogen) atoms. The summed E-state index contributed by atoms with van der Waals surface area (Å²) in [6.45, 7) is 4.52. The number of nitrogens with zero attached hydrogens (tertiary/aromatic N) is 1. The van der Waals surface area contributed by atoms with Crippen molar-refractivity contribution in [2.45, 2.75) is 25.3 Å². The topological polar surface area (TPSA) is 33.7 Å². The largest absolute Gasteiger partial charge is 0.486 e. The predicted octanol–water partition coefficient (Wildman–Crippen LogP) is 2.34. The molecule has 1 aromatic carbocycles. The number of hydrogen-bond acceptors (Lipinski definition) is 4. The number of ether oxygens (including phenoxy) is 2. The van der Waals surface area contributed by atoms with Gasteiger partial charge in [0.15, 0.2) is 11.5 Å². The molecule has 0 spiro atoms. The average molecular weight is 311 g/mol. The highest BCUT2D eigenvalue weighted by molar-refractivity contribution is 6.32. The van der Waals surface area contributed by atoms with Crippen molar-refractivity contribution < 1.29 is 9.47 Å². The molecular weight excluding hydrogens is 288 g/mol. The molecule has 1 fully saturated rings. The van der Waals surface area contributed by atoms with Gasteiger partial charge in [0.1, 0.15) is 13.2 Å². The zero-order valence-corrected chi connectivity index (χ0v) is 13.3. The number of rotatable bonds is 4. The number of halogens is 1. The molecule has 116 valence electrons. The molecule has 2 heterocycles. The summed E-state index contributed by atoms with van der Waals surface area (Å²) in [5.74, 6) is 1.47. The molecule has 0 radical (unpaired) electrons. The Hall–Kier alpha value is -0.970. The van der Waals surface area contributed by atoms with Gasteiger partial charge in [0.2, 0.25) is 0 Å². The summed E-state index contributed by atoms with van der Waals surface area (Å²) in [4.78, 5) is 2.39. The SMILES string of the molecule is CN1CCC(NCCc2cc(Cl)c3c(c2)OCCO3)CC1. The number of nitrogens with one attached hydrogen (secondary N) is 1. The van der Waals surface area contributed by atoms with E-state index >= 15 is 0 Å². The molecule has 3 rings (SSSR count). The Morgan fingerprint density at radius 1 is 1.24 bits per heavy atom. The Balaban J connectivity index is 1.52. The van der Waals surface area contributed by atoms with Gasteiger partial charge in [-0.2, -0.15) is 0 Å². The highest BCUT2D eigenvalue weighted by Crippen LogP contribution is 2.38. The monoisotopic (exact) mass is 310 g/mol. The van der Waals surface area contributed by atoms with Crippen molar-refractivity contribution in [2.75, 3.05) is 39.9 Å². The van der Waals surface area contributed by atoms with Crippen LogP contribution in [0.25, 0.3) is 0 Å². The lowest BCUT2D eigenvalue weighted by Crippen LogP contribution is -2.41. The molecule has 2 aliphatic rings. The fourth-order valence-electron chi connectivity index (χ4n) is 2.94. The quantitative estimate of drug-likeness (QED) is 0.925. The van der Waals surface area contributed by atoms with Crippen LogP contribution in [0.2, 0.25) is 5.02 Å². The van der Waals surface area contributed by atoms with Crippen molar-refractivity contribution in [1.82, 2.24) is 10.2 Å². The van der Waals surface area contributed by atoms with E-state index in [1.54, 1.807) is 0 Å². The van der Waals surface area contributed by atoms with Crippen molar-refractivity contribution in [3.8, 4) is 11.5 Å². The molecule has 0 bridgehead atoms. The average Bonchev–Trinajstić information content (AvgIpc) is 2.49. The maximum atomic E-state index is 6.26. The van der Waals surface area contributed by atoms with E-state index in [-0.39, 0.29) is 0 Å². The molecule has 1 saturated heterocycles. The van der Waals surface area contributed by atoms with Crippen LogP contribution in [-0.2, 0) is 6.42 Å². The van der Waals surface area contributed by atoms with Gasteiger partial charge in [-0.1, -0.05) is 11.6 Å². The third-order valence-electron chi connectivity index (χ3n) is 4.22. The zero-order valence-electron chi connectivity index (χ0n) is 12.5. The second kappa shape index (κ2) is 6.86. The minimum Gasteiger partial charge on any atom is -0.486 e. The van der Waals surface area contributed by atoms with Gasteiger partial charge in [-0.25, -0.2) is 0 Å². The fourth-order valence-corrected chi connectivity index (χ4v) is 3.23. The van der Waals surface area contributed by atoms with Crippen LogP contribution in [0.15, 0.2) is 12.1 Å². The van der Waals surface area contributed by atoms with E-state index in [1.807, 2.05) is 6.07 Å². The summed E-state index contributed by atoms with van der Waals surface area (Å²) in [5, 5.41) is 4.30. The molecule has 0 atom stereocenters. The lowest BCUT2D eigenvalue weighted by molar-refractivity contribution is 0.171. The minimum atomic E-state index is 0.573. The molecule has 2 aliphatic heterocycles. The van der Waals surface area contributed by atoms with Crippen LogP contribution in [0, 0.1) is 0 Å². The molecule has 5 heteroatoms. The van der Waals surface area contributed by atoms with Crippen molar-refractivity contribution in [3.05, 3.63) is 22.7 Å². The van der Waals surface area contributed by atoms with E-state index in [0.717, 1.165) is 18.7 Å². The third kappa shape index (κ3) is 3.82. The molecule has 0 aromatic heterocycles. The molecule has 1 N–H and O–H groups in total. The fraction of sp³-hybridized carbons (Fsp3) is 0.625. The van der Waals surface area contributed by atoms with Gasteiger partial charge in [-0.3, -0.25) is 0 Å². The minimum absolute atomic E-state index is 0.573. The smallest absolute Gasteiger partial charge is 0.179 e. The summed E-state index contributed by atoms with van der Waals surface area (Å²) < 4.78 is 11.2. The second-order valence-electron chi connectivity index (χ2n) is 5.88. The van der Waals surface area contributed by atoms with Gasteiger partial charge in [-0.05, 0) is 63.6 Å². The van der Waals surface area contributed by atoms with E-state index in [4.69, 9.17) is 21.1 Å². The third-order valence-corrected chi connectivity index (χ3v) is 4.50. The first-order valence-electron chi connectivity index (χ1n) is 7.72. The Morgan fingerprint density at radius 3 is 2.81 bits per heavy atom. The maximum Gasteiger partial charge on any atom is 0.179 e.